The molecule has 26 heavy (non-hydrogen) atoms. The van der Waals surface area contributed by atoms with Gasteiger partial charge in [0.1, 0.15) is 11.3 Å². The second-order valence-corrected chi connectivity index (χ2v) is 6.35. The molecule has 0 aliphatic carbocycles. The second-order valence-electron chi connectivity index (χ2n) is 5.92. The molecule has 4 nitrogen and oxygen atoms in total. The Hall–Kier alpha value is -3.11. The van der Waals surface area contributed by atoms with E-state index >= 15 is 0 Å². The zero-order chi connectivity index (χ0) is 17.9. The van der Waals surface area contributed by atoms with E-state index in [9.17, 15) is 5.11 Å². The van der Waals surface area contributed by atoms with Gasteiger partial charge in [-0.1, -0.05) is 35.9 Å². The first-order chi connectivity index (χ1) is 12.7. The van der Waals surface area contributed by atoms with Crippen molar-refractivity contribution >= 4 is 28.2 Å². The Morgan fingerprint density at radius 2 is 1.65 bits per heavy atom. The van der Waals surface area contributed by atoms with Gasteiger partial charge in [0.2, 0.25) is 0 Å². The van der Waals surface area contributed by atoms with E-state index in [4.69, 9.17) is 11.6 Å². The first kappa shape index (κ1) is 16.4. The van der Waals surface area contributed by atoms with E-state index in [0.717, 1.165) is 16.8 Å². The van der Waals surface area contributed by atoms with Crippen LogP contribution in [0.25, 0.3) is 10.9 Å². The first-order valence-corrected chi connectivity index (χ1v) is 8.60. The van der Waals surface area contributed by atoms with Crippen molar-refractivity contribution in [2.24, 2.45) is 0 Å². The molecule has 2 heterocycles. The molecule has 0 saturated heterocycles. The molecule has 128 valence electrons. The maximum atomic E-state index is 10.9. The number of aromatic nitrogens is 2. The van der Waals surface area contributed by atoms with Gasteiger partial charge in [-0.05, 0) is 42.5 Å². The van der Waals surface area contributed by atoms with Crippen LogP contribution in [0.3, 0.4) is 0 Å². The molecule has 0 spiro atoms. The normalized spacial score (nSPS) is 12.0. The maximum absolute atomic E-state index is 10.9. The smallest absolute Gasteiger partial charge is 0.147 e. The predicted molar refractivity (Wildman–Crippen MR) is 105 cm³/mol. The van der Waals surface area contributed by atoms with Crippen molar-refractivity contribution in [1.82, 2.24) is 9.97 Å². The van der Waals surface area contributed by atoms with E-state index in [2.05, 4.69) is 15.3 Å². The Bertz CT molecular complexity index is 1040. The van der Waals surface area contributed by atoms with E-state index in [1.807, 2.05) is 66.7 Å². The Morgan fingerprint density at radius 3 is 2.42 bits per heavy atom. The molecule has 1 atom stereocenters. The number of aromatic hydroxyl groups is 1. The predicted octanol–water partition coefficient (Wildman–Crippen LogP) is 5.19. The van der Waals surface area contributed by atoms with Gasteiger partial charge in [-0.3, -0.25) is 9.97 Å². The molecule has 0 amide bonds. The number of halogens is 1. The average molecular weight is 362 g/mol. The van der Waals surface area contributed by atoms with E-state index in [1.165, 1.54) is 0 Å². The molecule has 0 radical (unpaired) electrons. The number of hydrogen-bond donors (Lipinski definition) is 2. The topological polar surface area (TPSA) is 58.0 Å². The van der Waals surface area contributed by atoms with E-state index in [-0.39, 0.29) is 11.8 Å². The van der Waals surface area contributed by atoms with Crippen molar-refractivity contribution < 1.29 is 5.11 Å². The minimum atomic E-state index is -0.330. The Labute approximate surface area is 156 Å². The van der Waals surface area contributed by atoms with E-state index in [0.29, 0.717) is 16.1 Å². The third-order valence-corrected chi connectivity index (χ3v) is 4.48. The fourth-order valence-electron chi connectivity index (χ4n) is 2.95. The van der Waals surface area contributed by atoms with Crippen molar-refractivity contribution in [2.45, 2.75) is 6.04 Å². The SMILES string of the molecule is Oc1c(C(Nc2ccc(Cl)cc2)c2ccccn2)ccc2cccnc12. The van der Waals surface area contributed by atoms with Gasteiger partial charge in [0, 0.05) is 34.1 Å². The zero-order valence-corrected chi connectivity index (χ0v) is 14.6. The van der Waals surface area contributed by atoms with Gasteiger partial charge < -0.3 is 10.4 Å². The number of phenolic OH excluding ortho intramolecular Hbond substituents is 1. The van der Waals surface area contributed by atoms with Gasteiger partial charge >= 0.3 is 0 Å². The molecule has 4 rings (SSSR count). The summed E-state index contributed by atoms with van der Waals surface area (Å²) in [7, 11) is 0. The number of rotatable bonds is 4. The molecule has 0 aliphatic rings. The summed E-state index contributed by atoms with van der Waals surface area (Å²) in [5, 5.41) is 15.8. The molecule has 4 aromatic rings. The zero-order valence-electron chi connectivity index (χ0n) is 13.8. The lowest BCUT2D eigenvalue weighted by atomic mass is 9.99. The lowest BCUT2D eigenvalue weighted by Crippen LogP contribution is -2.14. The van der Waals surface area contributed by atoms with Gasteiger partial charge in [0.15, 0.2) is 0 Å². The molecular weight excluding hydrogens is 346 g/mol. The maximum Gasteiger partial charge on any atom is 0.147 e. The van der Waals surface area contributed by atoms with E-state index < -0.39 is 0 Å². The highest BCUT2D eigenvalue weighted by Crippen LogP contribution is 2.35. The number of anilines is 1. The van der Waals surface area contributed by atoms with Crippen molar-refractivity contribution in [1.29, 1.82) is 0 Å². The molecule has 2 N–H and O–H groups in total. The van der Waals surface area contributed by atoms with Gasteiger partial charge in [-0.25, -0.2) is 0 Å². The number of fused-ring (bicyclic) bond motifs is 1. The molecule has 0 bridgehead atoms. The summed E-state index contributed by atoms with van der Waals surface area (Å²) in [4.78, 5) is 8.79. The number of phenols is 1. The monoisotopic (exact) mass is 361 g/mol. The number of benzene rings is 2. The molecule has 2 aromatic carbocycles. The third-order valence-electron chi connectivity index (χ3n) is 4.23. The highest BCUT2D eigenvalue weighted by atomic mass is 35.5. The minimum absolute atomic E-state index is 0.153. The van der Waals surface area contributed by atoms with Crippen LogP contribution in [0, 0.1) is 0 Å². The summed E-state index contributed by atoms with van der Waals surface area (Å²) < 4.78 is 0. The van der Waals surface area contributed by atoms with Gasteiger partial charge in [0.05, 0.1) is 11.7 Å². The van der Waals surface area contributed by atoms with Crippen LogP contribution in [-0.4, -0.2) is 15.1 Å². The van der Waals surface area contributed by atoms with Crippen LogP contribution >= 0.6 is 11.6 Å². The molecule has 0 saturated carbocycles. The summed E-state index contributed by atoms with van der Waals surface area (Å²) in [6, 6.07) is 20.5. The highest BCUT2D eigenvalue weighted by molar-refractivity contribution is 6.30. The van der Waals surface area contributed by atoms with Crippen molar-refractivity contribution in [3.05, 3.63) is 95.4 Å². The number of hydrogen-bond acceptors (Lipinski definition) is 4. The van der Waals surface area contributed by atoms with Crippen LogP contribution in [0.5, 0.6) is 5.75 Å². The number of nitrogens with one attached hydrogen (secondary N) is 1. The largest absolute Gasteiger partial charge is 0.505 e. The molecular formula is C21H16ClN3O. The summed E-state index contributed by atoms with van der Waals surface area (Å²) >= 11 is 5.98. The van der Waals surface area contributed by atoms with Crippen LogP contribution in [0.2, 0.25) is 5.02 Å². The minimum Gasteiger partial charge on any atom is -0.505 e. The quantitative estimate of drug-likeness (QED) is 0.525. The van der Waals surface area contributed by atoms with Crippen molar-refractivity contribution in [2.75, 3.05) is 5.32 Å². The highest BCUT2D eigenvalue weighted by Gasteiger charge is 2.20. The van der Waals surface area contributed by atoms with Crippen LogP contribution in [0.4, 0.5) is 5.69 Å². The molecule has 5 heteroatoms. The Balaban J connectivity index is 1.83. The fraction of sp³-hybridized carbons (Fsp3) is 0.0476. The first-order valence-electron chi connectivity index (χ1n) is 8.22. The lowest BCUT2D eigenvalue weighted by Gasteiger charge is -2.21. The van der Waals surface area contributed by atoms with Crippen LogP contribution < -0.4 is 5.32 Å². The van der Waals surface area contributed by atoms with Crippen LogP contribution in [0.1, 0.15) is 17.3 Å². The summed E-state index contributed by atoms with van der Waals surface area (Å²) in [5.41, 5.74) is 2.97. The Kier molecular flexibility index (Phi) is 4.42. The third kappa shape index (κ3) is 3.19. The second kappa shape index (κ2) is 7.02. The van der Waals surface area contributed by atoms with Crippen molar-refractivity contribution in [3.63, 3.8) is 0 Å². The molecule has 0 aliphatic heterocycles. The summed E-state index contributed by atoms with van der Waals surface area (Å²) in [6.07, 6.45) is 3.41. The van der Waals surface area contributed by atoms with Crippen LogP contribution in [-0.2, 0) is 0 Å². The summed E-state index contributed by atoms with van der Waals surface area (Å²) in [6.45, 7) is 0. The molecule has 0 fully saturated rings. The van der Waals surface area contributed by atoms with Crippen molar-refractivity contribution in [3.8, 4) is 5.75 Å². The molecule has 2 aromatic heterocycles. The Morgan fingerprint density at radius 1 is 0.846 bits per heavy atom. The van der Waals surface area contributed by atoms with E-state index in [1.54, 1.807) is 12.4 Å². The number of nitrogens with zero attached hydrogens (tertiary/aromatic N) is 2. The van der Waals surface area contributed by atoms with Crippen LogP contribution in [0.15, 0.2) is 79.1 Å². The summed E-state index contributed by atoms with van der Waals surface area (Å²) in [5.74, 6) is 0.153. The van der Waals surface area contributed by atoms with Gasteiger partial charge in [-0.2, -0.15) is 0 Å². The number of pyridine rings is 2. The average Bonchev–Trinajstić information content (AvgIpc) is 2.69. The standard InChI is InChI=1S/C21H16ClN3O/c22-15-7-9-16(10-8-15)25-20(18-5-1-2-12-23-18)17-11-6-14-4-3-13-24-19(14)21(17)26/h1-13,20,25-26H. The van der Waals surface area contributed by atoms with Gasteiger partial charge in [-0.15, -0.1) is 0 Å². The molecule has 1 unspecified atom stereocenters. The lowest BCUT2D eigenvalue weighted by molar-refractivity contribution is 0.471. The van der Waals surface area contributed by atoms with Gasteiger partial charge in [0.25, 0.3) is 0 Å². The fourth-order valence-corrected chi connectivity index (χ4v) is 3.07.